The summed E-state index contributed by atoms with van der Waals surface area (Å²) < 4.78 is 15.5. The van der Waals surface area contributed by atoms with Crippen molar-refractivity contribution in [3.8, 4) is 5.75 Å². The molecule has 2 aromatic rings. The molecule has 2 aromatic carbocycles. The second kappa shape index (κ2) is 9.09. The van der Waals surface area contributed by atoms with E-state index in [0.717, 1.165) is 5.56 Å². The van der Waals surface area contributed by atoms with Crippen molar-refractivity contribution in [1.29, 1.82) is 0 Å². The lowest BCUT2D eigenvalue weighted by molar-refractivity contribution is -0.125. The predicted octanol–water partition coefficient (Wildman–Crippen LogP) is 2.51. The number of carbonyl (C=O) groups excluding carboxylic acids is 3. The predicted molar refractivity (Wildman–Crippen MR) is 105 cm³/mol. The first-order valence-electron chi connectivity index (χ1n) is 9.14. The minimum absolute atomic E-state index is 0.158. The number of methoxy groups -OCH3 is 1. The van der Waals surface area contributed by atoms with E-state index in [4.69, 9.17) is 14.2 Å². The third-order valence-electron chi connectivity index (χ3n) is 4.41. The Bertz CT molecular complexity index is 899. The van der Waals surface area contributed by atoms with Gasteiger partial charge >= 0.3 is 12.1 Å². The third-order valence-corrected chi connectivity index (χ3v) is 4.41. The van der Waals surface area contributed by atoms with Gasteiger partial charge < -0.3 is 24.4 Å². The molecule has 1 aliphatic rings. The number of nitrogens with zero attached hydrogens (tertiary/aromatic N) is 1. The minimum Gasteiger partial charge on any atom is -0.479 e. The minimum atomic E-state index is -0.670. The van der Waals surface area contributed by atoms with Crippen LogP contribution in [0.1, 0.15) is 22.8 Å². The molecule has 0 aromatic heterocycles. The average molecular weight is 398 g/mol. The zero-order valence-corrected chi connectivity index (χ0v) is 16.2. The normalized spacial score (nSPS) is 15.2. The Morgan fingerprint density at radius 1 is 1.17 bits per heavy atom. The third kappa shape index (κ3) is 4.84. The fourth-order valence-electron chi connectivity index (χ4n) is 2.93. The van der Waals surface area contributed by atoms with E-state index >= 15 is 0 Å². The van der Waals surface area contributed by atoms with E-state index < -0.39 is 18.2 Å². The maximum Gasteiger partial charge on any atom is 0.407 e. The zero-order valence-electron chi connectivity index (χ0n) is 16.2. The molecule has 1 atom stereocenters. The van der Waals surface area contributed by atoms with Crippen molar-refractivity contribution in [2.75, 3.05) is 25.1 Å². The summed E-state index contributed by atoms with van der Waals surface area (Å²) in [5.41, 5.74) is 1.64. The molecular weight excluding hydrogens is 376 g/mol. The van der Waals surface area contributed by atoms with Gasteiger partial charge in [-0.05, 0) is 30.7 Å². The molecule has 0 fully saturated rings. The Balaban J connectivity index is 1.61. The van der Waals surface area contributed by atoms with Gasteiger partial charge in [0.1, 0.15) is 12.4 Å². The number of esters is 1. The van der Waals surface area contributed by atoms with Gasteiger partial charge in [0.05, 0.1) is 18.4 Å². The lowest BCUT2D eigenvalue weighted by Crippen LogP contribution is -2.47. The molecule has 3 rings (SSSR count). The Morgan fingerprint density at radius 2 is 1.93 bits per heavy atom. The Morgan fingerprint density at radius 3 is 2.66 bits per heavy atom. The molecule has 0 aliphatic carbocycles. The zero-order chi connectivity index (χ0) is 20.8. The van der Waals surface area contributed by atoms with Crippen LogP contribution in [0.5, 0.6) is 5.75 Å². The molecular formula is C21H22N2O6. The summed E-state index contributed by atoms with van der Waals surface area (Å²) in [6.45, 7) is 2.18. The summed E-state index contributed by atoms with van der Waals surface area (Å²) in [4.78, 5) is 37.8. The van der Waals surface area contributed by atoms with E-state index in [-0.39, 0.29) is 25.6 Å². The number of carbonyl (C=O) groups is 3. The average Bonchev–Trinajstić information content (AvgIpc) is 2.74. The van der Waals surface area contributed by atoms with Gasteiger partial charge in [-0.2, -0.15) is 0 Å². The fraction of sp³-hybridized carbons (Fsp3) is 0.286. The molecule has 1 N–H and O–H groups in total. The topological polar surface area (TPSA) is 94.2 Å². The van der Waals surface area contributed by atoms with Crippen LogP contribution in [0, 0.1) is 0 Å². The monoisotopic (exact) mass is 398 g/mol. The first-order valence-corrected chi connectivity index (χ1v) is 9.14. The van der Waals surface area contributed by atoms with Crippen LogP contribution in [0.15, 0.2) is 48.5 Å². The number of amides is 2. The van der Waals surface area contributed by atoms with Crippen molar-refractivity contribution in [2.45, 2.75) is 19.6 Å². The van der Waals surface area contributed by atoms with Crippen LogP contribution in [-0.2, 0) is 20.9 Å². The van der Waals surface area contributed by atoms with Gasteiger partial charge in [0.25, 0.3) is 5.91 Å². The molecule has 1 aliphatic heterocycles. The van der Waals surface area contributed by atoms with E-state index in [1.807, 2.05) is 30.3 Å². The molecule has 0 saturated heterocycles. The highest BCUT2D eigenvalue weighted by Crippen LogP contribution is 2.34. The van der Waals surface area contributed by atoms with Crippen LogP contribution >= 0.6 is 0 Å². The van der Waals surface area contributed by atoms with Crippen LogP contribution in [0.3, 0.4) is 0 Å². The van der Waals surface area contributed by atoms with Crippen molar-refractivity contribution in [1.82, 2.24) is 5.32 Å². The number of hydrogen-bond donors (Lipinski definition) is 1. The molecule has 29 heavy (non-hydrogen) atoms. The summed E-state index contributed by atoms with van der Waals surface area (Å²) in [5.74, 6) is -0.295. The maximum atomic E-state index is 12.6. The molecule has 0 saturated carbocycles. The number of ether oxygens (including phenoxy) is 3. The van der Waals surface area contributed by atoms with Gasteiger partial charge in [-0.3, -0.25) is 4.79 Å². The summed E-state index contributed by atoms with van der Waals surface area (Å²) >= 11 is 0. The highest BCUT2D eigenvalue weighted by atomic mass is 16.5. The molecule has 0 unspecified atom stereocenters. The smallest absolute Gasteiger partial charge is 0.407 e. The van der Waals surface area contributed by atoms with E-state index in [0.29, 0.717) is 17.0 Å². The SMILES string of the molecule is COC(=O)c1ccc2c(c1)N(CCNC(=O)OCc1ccccc1)C(=O)[C@@H](C)O2. The van der Waals surface area contributed by atoms with Gasteiger partial charge in [-0.15, -0.1) is 0 Å². The van der Waals surface area contributed by atoms with Crippen molar-refractivity contribution in [3.05, 3.63) is 59.7 Å². The van der Waals surface area contributed by atoms with E-state index in [1.54, 1.807) is 25.1 Å². The first kappa shape index (κ1) is 20.2. The number of anilines is 1. The second-order valence-electron chi connectivity index (χ2n) is 6.41. The molecule has 0 spiro atoms. The van der Waals surface area contributed by atoms with Crippen molar-refractivity contribution in [2.24, 2.45) is 0 Å². The number of benzene rings is 2. The van der Waals surface area contributed by atoms with E-state index in [1.165, 1.54) is 12.0 Å². The molecule has 2 amide bonds. The molecule has 8 nitrogen and oxygen atoms in total. The summed E-state index contributed by atoms with van der Waals surface area (Å²) in [5, 5.41) is 2.63. The van der Waals surface area contributed by atoms with E-state index in [2.05, 4.69) is 5.32 Å². The fourth-order valence-corrected chi connectivity index (χ4v) is 2.93. The van der Waals surface area contributed by atoms with Crippen molar-refractivity contribution < 1.29 is 28.6 Å². The Kier molecular flexibility index (Phi) is 6.33. The van der Waals surface area contributed by atoms with Crippen LogP contribution in [-0.4, -0.2) is 44.3 Å². The summed E-state index contributed by atoms with van der Waals surface area (Å²) in [6.07, 6.45) is -1.25. The molecule has 8 heteroatoms. The highest BCUT2D eigenvalue weighted by Gasteiger charge is 2.32. The van der Waals surface area contributed by atoms with Gasteiger partial charge in [-0.1, -0.05) is 30.3 Å². The van der Waals surface area contributed by atoms with Crippen molar-refractivity contribution >= 4 is 23.7 Å². The number of nitrogens with one attached hydrogen (secondary N) is 1. The van der Waals surface area contributed by atoms with Gasteiger partial charge in [0, 0.05) is 13.1 Å². The summed E-state index contributed by atoms with van der Waals surface area (Å²) in [6, 6.07) is 14.1. The van der Waals surface area contributed by atoms with Crippen molar-refractivity contribution in [3.63, 3.8) is 0 Å². The van der Waals surface area contributed by atoms with Gasteiger partial charge in [0.2, 0.25) is 0 Å². The van der Waals surface area contributed by atoms with Crippen LogP contribution in [0.25, 0.3) is 0 Å². The van der Waals surface area contributed by atoms with Crippen LogP contribution in [0.4, 0.5) is 10.5 Å². The van der Waals surface area contributed by atoms with Gasteiger partial charge in [-0.25, -0.2) is 9.59 Å². The Hall–Kier alpha value is -3.55. The number of hydrogen-bond acceptors (Lipinski definition) is 6. The quantitative estimate of drug-likeness (QED) is 0.752. The molecule has 152 valence electrons. The molecule has 1 heterocycles. The lowest BCUT2D eigenvalue weighted by Gasteiger charge is -2.33. The van der Waals surface area contributed by atoms with E-state index in [9.17, 15) is 14.4 Å². The summed E-state index contributed by atoms with van der Waals surface area (Å²) in [7, 11) is 1.29. The number of alkyl carbamates (subject to hydrolysis) is 1. The Labute approximate surface area is 168 Å². The number of rotatable bonds is 6. The second-order valence-corrected chi connectivity index (χ2v) is 6.41. The largest absolute Gasteiger partial charge is 0.479 e. The van der Waals surface area contributed by atoms with Crippen LogP contribution < -0.4 is 15.0 Å². The lowest BCUT2D eigenvalue weighted by atomic mass is 10.1. The molecule has 0 radical (unpaired) electrons. The van der Waals surface area contributed by atoms with Crippen LogP contribution in [0.2, 0.25) is 0 Å². The van der Waals surface area contributed by atoms with Gasteiger partial charge in [0.15, 0.2) is 6.10 Å². The maximum absolute atomic E-state index is 12.6. The standard InChI is InChI=1S/C21H22N2O6/c1-14-19(24)23(17-12-16(20(25)27-2)8-9-18(17)29-14)11-10-22-21(26)28-13-15-6-4-3-5-7-15/h3-9,12,14H,10-11,13H2,1-2H3,(H,22,26)/t14-/m1/s1. The highest BCUT2D eigenvalue weighted by molar-refractivity contribution is 6.01. The first-order chi connectivity index (χ1) is 14.0. The number of fused-ring (bicyclic) bond motifs is 1. The molecule has 0 bridgehead atoms.